The number of aryl methyl sites for hydroxylation is 1. The van der Waals surface area contributed by atoms with Crippen LogP contribution in [-0.2, 0) is 13.6 Å². The molecule has 0 atom stereocenters. The lowest BCUT2D eigenvalue weighted by Gasteiger charge is -2.05. The van der Waals surface area contributed by atoms with E-state index in [0.29, 0.717) is 12.4 Å². The monoisotopic (exact) mass is 204 g/mol. The largest absolute Gasteiger partial charge is 0.382 e. The molecule has 0 aliphatic heterocycles. The van der Waals surface area contributed by atoms with Gasteiger partial charge < -0.3 is 11.1 Å². The van der Waals surface area contributed by atoms with E-state index < -0.39 is 0 Å². The van der Waals surface area contributed by atoms with Crippen molar-refractivity contribution in [3.8, 4) is 0 Å². The Morgan fingerprint density at radius 2 is 2.33 bits per heavy atom. The quantitative estimate of drug-likeness (QED) is 0.756. The summed E-state index contributed by atoms with van der Waals surface area (Å²) in [7, 11) is 1.83. The second-order valence-corrected chi connectivity index (χ2v) is 3.12. The highest BCUT2D eigenvalue weighted by Gasteiger charge is 2.01. The molecule has 6 heteroatoms. The van der Waals surface area contributed by atoms with E-state index >= 15 is 0 Å². The molecule has 0 aromatic carbocycles. The van der Waals surface area contributed by atoms with E-state index in [2.05, 4.69) is 20.4 Å². The minimum Gasteiger partial charge on any atom is -0.382 e. The van der Waals surface area contributed by atoms with Crippen LogP contribution in [0.2, 0.25) is 0 Å². The molecule has 3 N–H and O–H groups in total. The van der Waals surface area contributed by atoms with E-state index in [-0.39, 0.29) is 0 Å². The maximum absolute atomic E-state index is 5.67. The molecule has 0 fully saturated rings. The zero-order valence-electron chi connectivity index (χ0n) is 8.38. The number of nitrogens with two attached hydrogens (primary N) is 1. The topological polar surface area (TPSA) is 81.7 Å². The van der Waals surface area contributed by atoms with Crippen LogP contribution < -0.4 is 11.1 Å². The molecule has 0 unspecified atom stereocenters. The molecule has 0 radical (unpaired) electrons. The molecule has 0 aliphatic carbocycles. The Morgan fingerprint density at radius 3 is 3.00 bits per heavy atom. The fourth-order valence-electron chi connectivity index (χ4n) is 1.21. The Kier molecular flexibility index (Phi) is 2.49. The third-order valence-electron chi connectivity index (χ3n) is 1.92. The molecule has 0 bridgehead atoms. The van der Waals surface area contributed by atoms with Crippen molar-refractivity contribution < 1.29 is 0 Å². The van der Waals surface area contributed by atoms with Crippen LogP contribution in [0.3, 0.4) is 0 Å². The number of hydrogen-bond donors (Lipinski definition) is 2. The van der Waals surface area contributed by atoms with Gasteiger partial charge in [-0.05, 0) is 12.1 Å². The van der Waals surface area contributed by atoms with Gasteiger partial charge in [0, 0.05) is 13.2 Å². The number of hydrogen-bond acceptors (Lipinski definition) is 5. The first-order valence-electron chi connectivity index (χ1n) is 4.54. The van der Waals surface area contributed by atoms with Crippen LogP contribution in [0.4, 0.5) is 11.5 Å². The number of rotatable bonds is 3. The van der Waals surface area contributed by atoms with Gasteiger partial charge in [-0.15, -0.1) is 0 Å². The summed E-state index contributed by atoms with van der Waals surface area (Å²) in [5.41, 5.74) is 6.47. The molecule has 2 rings (SSSR count). The molecule has 0 amide bonds. The molecule has 15 heavy (non-hydrogen) atoms. The third kappa shape index (κ3) is 2.22. The summed E-state index contributed by atoms with van der Waals surface area (Å²) < 4.78 is 1.66. The van der Waals surface area contributed by atoms with Crippen molar-refractivity contribution in [2.45, 2.75) is 6.54 Å². The third-order valence-corrected chi connectivity index (χ3v) is 1.92. The predicted octanol–water partition coefficient (Wildman–Crippen LogP) is 0.404. The standard InChI is InChI=1S/C9H12N6/c1-15-6-13-8(14-15)5-12-7-3-2-4-11-9(7)10/h2-4,6,12H,5H2,1H3,(H2,10,11). The molecular formula is C9H12N6. The number of anilines is 2. The van der Waals surface area contributed by atoms with E-state index in [9.17, 15) is 0 Å². The van der Waals surface area contributed by atoms with Crippen molar-refractivity contribution in [2.75, 3.05) is 11.1 Å². The Hall–Kier alpha value is -2.11. The summed E-state index contributed by atoms with van der Waals surface area (Å²) in [6.07, 6.45) is 3.31. The highest BCUT2D eigenvalue weighted by Crippen LogP contribution is 2.13. The molecule has 6 nitrogen and oxygen atoms in total. The Balaban J connectivity index is 2.02. The molecule has 2 aromatic rings. The number of nitrogens with one attached hydrogen (secondary N) is 1. The first-order chi connectivity index (χ1) is 7.25. The lowest BCUT2D eigenvalue weighted by Crippen LogP contribution is -2.05. The van der Waals surface area contributed by atoms with E-state index in [4.69, 9.17) is 5.73 Å². The van der Waals surface area contributed by atoms with Gasteiger partial charge in [-0.25, -0.2) is 9.97 Å². The highest BCUT2D eigenvalue weighted by molar-refractivity contribution is 5.60. The van der Waals surface area contributed by atoms with Crippen LogP contribution in [0.25, 0.3) is 0 Å². The van der Waals surface area contributed by atoms with Crippen LogP contribution in [0.5, 0.6) is 0 Å². The molecule has 2 aromatic heterocycles. The molecular weight excluding hydrogens is 192 g/mol. The number of aromatic nitrogens is 4. The summed E-state index contributed by atoms with van der Waals surface area (Å²) in [4.78, 5) is 8.05. The van der Waals surface area contributed by atoms with Crippen molar-refractivity contribution in [1.82, 2.24) is 19.7 Å². The average Bonchev–Trinajstić information content (AvgIpc) is 2.63. The SMILES string of the molecule is Cn1cnc(CNc2cccnc2N)n1. The maximum atomic E-state index is 5.67. The van der Waals surface area contributed by atoms with Gasteiger partial charge in [-0.2, -0.15) is 5.10 Å². The van der Waals surface area contributed by atoms with Crippen LogP contribution >= 0.6 is 0 Å². The zero-order chi connectivity index (χ0) is 10.7. The van der Waals surface area contributed by atoms with Gasteiger partial charge in [0.25, 0.3) is 0 Å². The smallest absolute Gasteiger partial charge is 0.169 e. The molecule has 0 saturated carbocycles. The Labute approximate surface area is 87.2 Å². The number of nitrogen functional groups attached to an aromatic ring is 1. The van der Waals surface area contributed by atoms with Crippen LogP contribution in [0.15, 0.2) is 24.7 Å². The lowest BCUT2D eigenvalue weighted by molar-refractivity contribution is 0.747. The van der Waals surface area contributed by atoms with Gasteiger partial charge in [0.1, 0.15) is 12.1 Å². The maximum Gasteiger partial charge on any atom is 0.169 e. The van der Waals surface area contributed by atoms with Gasteiger partial charge in [0.15, 0.2) is 5.82 Å². The fourth-order valence-corrected chi connectivity index (χ4v) is 1.21. The summed E-state index contributed by atoms with van der Waals surface area (Å²) in [5, 5.41) is 7.25. The number of nitrogens with zero attached hydrogens (tertiary/aromatic N) is 4. The van der Waals surface area contributed by atoms with Crippen molar-refractivity contribution in [3.63, 3.8) is 0 Å². The normalized spacial score (nSPS) is 10.2. The summed E-state index contributed by atoms with van der Waals surface area (Å²) >= 11 is 0. The van der Waals surface area contributed by atoms with Gasteiger partial charge in [0.05, 0.1) is 12.2 Å². The lowest BCUT2D eigenvalue weighted by atomic mass is 10.4. The highest BCUT2D eigenvalue weighted by atomic mass is 15.3. The van der Waals surface area contributed by atoms with Gasteiger partial charge in [-0.3, -0.25) is 4.68 Å². The van der Waals surface area contributed by atoms with Gasteiger partial charge >= 0.3 is 0 Å². The van der Waals surface area contributed by atoms with Crippen LogP contribution in [-0.4, -0.2) is 19.7 Å². The van der Waals surface area contributed by atoms with Crippen molar-refractivity contribution >= 4 is 11.5 Å². The Morgan fingerprint density at radius 1 is 1.47 bits per heavy atom. The zero-order valence-corrected chi connectivity index (χ0v) is 8.38. The van der Waals surface area contributed by atoms with E-state index in [1.165, 1.54) is 0 Å². The first kappa shape index (κ1) is 9.45. The summed E-state index contributed by atoms with van der Waals surface area (Å²) in [6, 6.07) is 3.69. The van der Waals surface area contributed by atoms with E-state index in [1.807, 2.05) is 19.2 Å². The second kappa shape index (κ2) is 3.95. The molecule has 0 saturated heterocycles. The molecule has 0 aliphatic rings. The van der Waals surface area contributed by atoms with Crippen LogP contribution in [0, 0.1) is 0 Å². The molecule has 2 heterocycles. The predicted molar refractivity (Wildman–Crippen MR) is 57.0 cm³/mol. The van der Waals surface area contributed by atoms with Crippen LogP contribution in [0.1, 0.15) is 5.82 Å². The van der Waals surface area contributed by atoms with Crippen molar-refractivity contribution in [1.29, 1.82) is 0 Å². The summed E-state index contributed by atoms with van der Waals surface area (Å²) in [5.74, 6) is 1.20. The molecule has 78 valence electrons. The van der Waals surface area contributed by atoms with Crippen molar-refractivity contribution in [3.05, 3.63) is 30.5 Å². The fraction of sp³-hybridized carbons (Fsp3) is 0.222. The van der Waals surface area contributed by atoms with Gasteiger partial charge in [0.2, 0.25) is 0 Å². The van der Waals surface area contributed by atoms with Gasteiger partial charge in [-0.1, -0.05) is 0 Å². The van der Waals surface area contributed by atoms with E-state index in [1.54, 1.807) is 17.2 Å². The minimum absolute atomic E-state index is 0.480. The van der Waals surface area contributed by atoms with Crippen molar-refractivity contribution in [2.24, 2.45) is 7.05 Å². The summed E-state index contributed by atoms with van der Waals surface area (Å²) in [6.45, 7) is 0.538. The second-order valence-electron chi connectivity index (χ2n) is 3.12. The Bertz CT molecular complexity index is 449. The number of pyridine rings is 1. The first-order valence-corrected chi connectivity index (χ1v) is 4.54. The average molecular weight is 204 g/mol. The minimum atomic E-state index is 0.480. The molecule has 0 spiro atoms. The van der Waals surface area contributed by atoms with E-state index in [0.717, 1.165) is 11.5 Å².